The van der Waals surface area contributed by atoms with Gasteiger partial charge in [-0.3, -0.25) is 10.1 Å². The molecule has 134 valence electrons. The van der Waals surface area contributed by atoms with Crippen LogP contribution >= 0.6 is 11.3 Å². The van der Waals surface area contributed by atoms with Crippen LogP contribution in [0.2, 0.25) is 0 Å². The van der Waals surface area contributed by atoms with Crippen LogP contribution in [0.15, 0.2) is 65.2 Å². The van der Waals surface area contributed by atoms with Gasteiger partial charge in [-0.2, -0.15) is 0 Å². The number of benzene rings is 2. The van der Waals surface area contributed by atoms with Crippen molar-refractivity contribution < 1.29 is 9.32 Å². The van der Waals surface area contributed by atoms with Gasteiger partial charge in [0.2, 0.25) is 10.9 Å². The maximum Gasteiger partial charge on any atom is 0.296 e. The van der Waals surface area contributed by atoms with Gasteiger partial charge < -0.3 is 4.52 Å². The number of anilines is 1. The summed E-state index contributed by atoms with van der Waals surface area (Å²) in [6.45, 7) is 2.05. The van der Waals surface area contributed by atoms with E-state index in [4.69, 9.17) is 4.52 Å². The third-order valence-corrected chi connectivity index (χ3v) is 4.81. The van der Waals surface area contributed by atoms with Crippen molar-refractivity contribution >= 4 is 22.4 Å². The highest BCUT2D eigenvalue weighted by Crippen LogP contribution is 2.22. The van der Waals surface area contributed by atoms with Crippen LogP contribution in [0.3, 0.4) is 0 Å². The Labute approximate surface area is 159 Å². The van der Waals surface area contributed by atoms with Gasteiger partial charge in [-0.05, 0) is 12.5 Å². The summed E-state index contributed by atoms with van der Waals surface area (Å²) in [6.07, 6.45) is 0.675. The first-order chi connectivity index (χ1) is 13.2. The molecule has 6 nitrogen and oxygen atoms in total. The van der Waals surface area contributed by atoms with Crippen LogP contribution in [0, 0.1) is 6.92 Å². The van der Waals surface area contributed by atoms with Crippen LogP contribution in [0.1, 0.15) is 26.7 Å². The Morgan fingerprint density at radius 3 is 2.63 bits per heavy atom. The first-order valence-electron chi connectivity index (χ1n) is 8.39. The van der Waals surface area contributed by atoms with Gasteiger partial charge in [-0.25, -0.2) is 0 Å². The summed E-state index contributed by atoms with van der Waals surface area (Å²) in [5.74, 6) is -0.271. The quantitative estimate of drug-likeness (QED) is 0.560. The monoisotopic (exact) mass is 376 g/mol. The highest BCUT2D eigenvalue weighted by molar-refractivity contribution is 7.15. The Morgan fingerprint density at radius 1 is 1.07 bits per heavy atom. The molecule has 2 aromatic carbocycles. The molecule has 0 aliphatic rings. The Balaban J connectivity index is 1.42. The molecule has 1 N–H and O–H groups in total. The number of nitrogens with zero attached hydrogens (tertiary/aromatic N) is 3. The number of amides is 1. The van der Waals surface area contributed by atoms with Crippen molar-refractivity contribution in [3.8, 4) is 11.3 Å². The van der Waals surface area contributed by atoms with Crippen LogP contribution in [0.5, 0.6) is 0 Å². The third-order valence-electron chi connectivity index (χ3n) is 3.97. The molecular weight excluding hydrogens is 360 g/mol. The first kappa shape index (κ1) is 17.1. The fraction of sp³-hybridized carbons (Fsp3) is 0.100. The number of rotatable bonds is 5. The van der Waals surface area contributed by atoms with Gasteiger partial charge >= 0.3 is 0 Å². The molecule has 0 radical (unpaired) electrons. The number of hydrogen-bond donors (Lipinski definition) is 1. The number of hydrogen-bond acceptors (Lipinski definition) is 6. The Morgan fingerprint density at radius 2 is 1.85 bits per heavy atom. The van der Waals surface area contributed by atoms with E-state index >= 15 is 0 Å². The zero-order valence-electron chi connectivity index (χ0n) is 14.5. The second-order valence-corrected chi connectivity index (χ2v) is 7.12. The number of aryl methyl sites for hydroxylation is 1. The Kier molecular flexibility index (Phi) is 4.76. The molecule has 0 aliphatic heterocycles. The largest absolute Gasteiger partial charge is 0.350 e. The molecular formula is C20H16N4O2S. The molecule has 0 saturated heterocycles. The van der Waals surface area contributed by atoms with E-state index in [0.717, 1.165) is 16.1 Å². The number of carbonyl (C=O) groups is 1. The SMILES string of the molecule is Cc1ccc(Cc2nnc(NC(=O)c3cc(-c4ccccc4)no3)s2)cc1. The fourth-order valence-corrected chi connectivity index (χ4v) is 3.31. The Bertz CT molecular complexity index is 1060. The first-order valence-corrected chi connectivity index (χ1v) is 9.20. The van der Waals surface area contributed by atoms with E-state index in [1.165, 1.54) is 16.9 Å². The zero-order valence-corrected chi connectivity index (χ0v) is 15.4. The van der Waals surface area contributed by atoms with Crippen LogP contribution in [-0.2, 0) is 6.42 Å². The normalized spacial score (nSPS) is 10.7. The van der Waals surface area contributed by atoms with Crippen molar-refractivity contribution in [2.75, 3.05) is 5.32 Å². The van der Waals surface area contributed by atoms with Crippen LogP contribution in [-0.4, -0.2) is 21.3 Å². The molecule has 0 fully saturated rings. The molecule has 2 heterocycles. The Hall–Kier alpha value is -3.32. The van der Waals surface area contributed by atoms with E-state index in [2.05, 4.69) is 51.9 Å². The van der Waals surface area contributed by atoms with Crippen LogP contribution in [0.25, 0.3) is 11.3 Å². The minimum absolute atomic E-state index is 0.129. The predicted molar refractivity (Wildman–Crippen MR) is 104 cm³/mol. The van der Waals surface area contributed by atoms with Gasteiger partial charge in [0, 0.05) is 18.1 Å². The summed E-state index contributed by atoms with van der Waals surface area (Å²) in [7, 11) is 0. The third kappa shape index (κ3) is 4.09. The van der Waals surface area contributed by atoms with E-state index in [1.807, 2.05) is 30.3 Å². The van der Waals surface area contributed by atoms with Crippen LogP contribution in [0.4, 0.5) is 5.13 Å². The lowest BCUT2D eigenvalue weighted by Gasteiger charge is -1.98. The topological polar surface area (TPSA) is 80.9 Å². The summed E-state index contributed by atoms with van der Waals surface area (Å²) >= 11 is 1.34. The smallest absolute Gasteiger partial charge is 0.296 e. The second kappa shape index (κ2) is 7.51. The molecule has 2 aromatic heterocycles. The molecule has 4 aromatic rings. The summed E-state index contributed by atoms with van der Waals surface area (Å²) in [5, 5.41) is 16.1. The molecule has 0 spiro atoms. The van der Waals surface area contributed by atoms with E-state index in [0.29, 0.717) is 17.2 Å². The van der Waals surface area contributed by atoms with Gasteiger partial charge in [-0.15, -0.1) is 10.2 Å². The summed E-state index contributed by atoms with van der Waals surface area (Å²) in [6, 6.07) is 19.4. The maximum absolute atomic E-state index is 12.4. The highest BCUT2D eigenvalue weighted by Gasteiger charge is 2.16. The zero-order chi connectivity index (χ0) is 18.6. The van der Waals surface area contributed by atoms with Crippen molar-refractivity contribution in [2.45, 2.75) is 13.3 Å². The molecule has 7 heteroatoms. The number of carbonyl (C=O) groups excluding carboxylic acids is 1. The van der Waals surface area contributed by atoms with Gasteiger partial charge in [-0.1, -0.05) is 76.7 Å². The lowest BCUT2D eigenvalue weighted by molar-refractivity contribution is 0.0988. The van der Waals surface area contributed by atoms with E-state index in [1.54, 1.807) is 6.07 Å². The van der Waals surface area contributed by atoms with Gasteiger partial charge in [0.05, 0.1) is 0 Å². The molecule has 0 saturated carbocycles. The minimum Gasteiger partial charge on any atom is -0.350 e. The minimum atomic E-state index is -0.400. The van der Waals surface area contributed by atoms with Gasteiger partial charge in [0.1, 0.15) is 10.7 Å². The van der Waals surface area contributed by atoms with Crippen molar-refractivity contribution in [3.05, 3.63) is 82.6 Å². The predicted octanol–water partition coefficient (Wildman–Crippen LogP) is 4.34. The van der Waals surface area contributed by atoms with Crippen LogP contribution < -0.4 is 5.32 Å². The lowest BCUT2D eigenvalue weighted by Crippen LogP contribution is -2.10. The van der Waals surface area contributed by atoms with Crippen molar-refractivity contribution in [2.24, 2.45) is 0 Å². The molecule has 27 heavy (non-hydrogen) atoms. The van der Waals surface area contributed by atoms with Crippen molar-refractivity contribution in [3.63, 3.8) is 0 Å². The van der Waals surface area contributed by atoms with Crippen molar-refractivity contribution in [1.29, 1.82) is 0 Å². The fourth-order valence-electron chi connectivity index (χ4n) is 2.54. The number of nitrogens with one attached hydrogen (secondary N) is 1. The molecule has 0 atom stereocenters. The maximum atomic E-state index is 12.4. The van der Waals surface area contributed by atoms with Crippen molar-refractivity contribution in [1.82, 2.24) is 15.4 Å². The second-order valence-electron chi connectivity index (χ2n) is 6.06. The molecule has 0 unspecified atom stereocenters. The molecule has 1 amide bonds. The van der Waals surface area contributed by atoms with Gasteiger partial charge in [0.25, 0.3) is 5.91 Å². The molecule has 4 rings (SSSR count). The van der Waals surface area contributed by atoms with E-state index in [9.17, 15) is 4.79 Å². The average molecular weight is 376 g/mol. The highest BCUT2D eigenvalue weighted by atomic mass is 32.1. The standard InChI is InChI=1S/C20H16N4O2S/c1-13-7-9-14(10-8-13)11-18-22-23-20(27-18)21-19(25)17-12-16(24-26-17)15-5-3-2-4-6-15/h2-10,12H,11H2,1H3,(H,21,23,25). The molecule has 0 bridgehead atoms. The summed E-state index contributed by atoms with van der Waals surface area (Å²) in [5.41, 5.74) is 3.86. The summed E-state index contributed by atoms with van der Waals surface area (Å²) in [4.78, 5) is 12.4. The number of aromatic nitrogens is 3. The van der Waals surface area contributed by atoms with E-state index < -0.39 is 5.91 Å². The average Bonchev–Trinajstić information content (AvgIpc) is 3.34. The lowest BCUT2D eigenvalue weighted by atomic mass is 10.1. The van der Waals surface area contributed by atoms with Gasteiger partial charge in [0.15, 0.2) is 0 Å². The van der Waals surface area contributed by atoms with E-state index in [-0.39, 0.29) is 5.76 Å². The summed E-state index contributed by atoms with van der Waals surface area (Å²) < 4.78 is 5.16. The molecule has 0 aliphatic carbocycles.